The molecule has 134 valence electrons. The number of rotatable bonds is 4. The van der Waals surface area contributed by atoms with Crippen LogP contribution in [-0.2, 0) is 27.8 Å². The van der Waals surface area contributed by atoms with Gasteiger partial charge in [0.15, 0.2) is 0 Å². The summed E-state index contributed by atoms with van der Waals surface area (Å²) < 4.78 is 25.5. The summed E-state index contributed by atoms with van der Waals surface area (Å²) in [6.45, 7) is 0.799. The smallest absolute Gasteiger partial charge is 0.243 e. The molecule has 26 heavy (non-hydrogen) atoms. The van der Waals surface area contributed by atoms with Crippen LogP contribution in [0.15, 0.2) is 48.5 Å². The number of carbonyl (C=O) groups excluding carboxylic acids is 1. The Morgan fingerprint density at radius 3 is 2.42 bits per heavy atom. The quantitative estimate of drug-likeness (QED) is 0.824. The third kappa shape index (κ3) is 3.86. The van der Waals surface area contributed by atoms with E-state index in [0.29, 0.717) is 24.3 Å². The molecule has 1 aliphatic rings. The van der Waals surface area contributed by atoms with Crippen molar-refractivity contribution in [2.24, 2.45) is 0 Å². The summed E-state index contributed by atoms with van der Waals surface area (Å²) in [6, 6.07) is 16.1. The summed E-state index contributed by atoms with van der Waals surface area (Å²) in [4.78, 5) is 14.4. The van der Waals surface area contributed by atoms with Gasteiger partial charge in [-0.3, -0.25) is 9.10 Å². The van der Waals surface area contributed by atoms with E-state index in [-0.39, 0.29) is 12.5 Å². The molecule has 7 heteroatoms. The van der Waals surface area contributed by atoms with Gasteiger partial charge in [-0.2, -0.15) is 5.26 Å². The van der Waals surface area contributed by atoms with Crippen LogP contribution in [-0.4, -0.2) is 38.6 Å². The van der Waals surface area contributed by atoms with Gasteiger partial charge in [-0.1, -0.05) is 24.3 Å². The van der Waals surface area contributed by atoms with Crippen LogP contribution in [0.1, 0.15) is 16.7 Å². The summed E-state index contributed by atoms with van der Waals surface area (Å²) in [5, 5.41) is 8.88. The molecule has 0 aromatic heterocycles. The van der Waals surface area contributed by atoms with Crippen LogP contribution in [0.4, 0.5) is 5.69 Å². The zero-order chi connectivity index (χ0) is 18.7. The average molecular weight is 369 g/mol. The second-order valence-electron chi connectivity index (χ2n) is 6.26. The second-order valence-corrected chi connectivity index (χ2v) is 8.17. The lowest BCUT2D eigenvalue weighted by molar-refractivity contribution is -0.130. The van der Waals surface area contributed by atoms with Crippen molar-refractivity contribution in [3.05, 3.63) is 65.2 Å². The zero-order valence-corrected chi connectivity index (χ0v) is 15.2. The Bertz CT molecular complexity index is 962. The number of hydrogen-bond donors (Lipinski definition) is 0. The summed E-state index contributed by atoms with van der Waals surface area (Å²) >= 11 is 0. The van der Waals surface area contributed by atoms with Gasteiger partial charge >= 0.3 is 0 Å². The lowest BCUT2D eigenvalue weighted by atomic mass is 10.00. The molecule has 1 aliphatic heterocycles. The minimum absolute atomic E-state index is 0.241. The Kier molecular flexibility index (Phi) is 4.96. The van der Waals surface area contributed by atoms with E-state index in [0.717, 1.165) is 22.5 Å². The molecular weight excluding hydrogens is 350 g/mol. The standard InChI is InChI=1S/C19H19N3O3S/c1-26(24,25)22(18-8-6-15(12-20)7-9-18)14-19(23)21-11-10-16-4-2-3-5-17(16)13-21/h2-9H,10-11,13-14H2,1H3. The molecule has 2 aromatic carbocycles. The molecule has 0 atom stereocenters. The highest BCUT2D eigenvalue weighted by Gasteiger charge is 2.26. The predicted octanol–water partition coefficient (Wildman–Crippen LogP) is 1.91. The molecule has 0 saturated carbocycles. The van der Waals surface area contributed by atoms with Crippen molar-refractivity contribution < 1.29 is 13.2 Å². The maximum absolute atomic E-state index is 12.7. The van der Waals surface area contributed by atoms with E-state index in [1.807, 2.05) is 24.3 Å². The third-order valence-electron chi connectivity index (χ3n) is 4.45. The van der Waals surface area contributed by atoms with Gasteiger partial charge < -0.3 is 4.90 Å². The minimum atomic E-state index is -3.63. The second kappa shape index (κ2) is 7.18. The van der Waals surface area contributed by atoms with E-state index in [1.54, 1.807) is 17.0 Å². The molecule has 3 rings (SSSR count). The monoisotopic (exact) mass is 369 g/mol. The van der Waals surface area contributed by atoms with Gasteiger partial charge in [0.1, 0.15) is 6.54 Å². The first-order valence-electron chi connectivity index (χ1n) is 8.21. The fraction of sp³-hybridized carbons (Fsp3) is 0.263. The highest BCUT2D eigenvalue weighted by molar-refractivity contribution is 7.92. The van der Waals surface area contributed by atoms with Gasteiger partial charge in [-0.05, 0) is 41.8 Å². The molecule has 6 nitrogen and oxygen atoms in total. The lowest BCUT2D eigenvalue weighted by Crippen LogP contribution is -2.44. The molecule has 1 amide bonds. The van der Waals surface area contributed by atoms with Crippen molar-refractivity contribution in [1.82, 2.24) is 4.90 Å². The summed E-state index contributed by atoms with van der Waals surface area (Å²) in [5.74, 6) is -0.241. The minimum Gasteiger partial charge on any atom is -0.336 e. The van der Waals surface area contributed by atoms with E-state index in [1.165, 1.54) is 17.7 Å². The van der Waals surface area contributed by atoms with Crippen molar-refractivity contribution in [1.29, 1.82) is 5.26 Å². The molecule has 0 fully saturated rings. The van der Waals surface area contributed by atoms with Gasteiger partial charge in [0, 0.05) is 13.1 Å². The molecule has 0 N–H and O–H groups in total. The highest BCUT2D eigenvalue weighted by Crippen LogP contribution is 2.21. The van der Waals surface area contributed by atoms with Gasteiger partial charge in [0.2, 0.25) is 15.9 Å². The Morgan fingerprint density at radius 1 is 1.15 bits per heavy atom. The van der Waals surface area contributed by atoms with Crippen molar-refractivity contribution in [2.45, 2.75) is 13.0 Å². The van der Waals surface area contributed by atoms with E-state index in [2.05, 4.69) is 6.07 Å². The van der Waals surface area contributed by atoms with Crippen LogP contribution in [0.3, 0.4) is 0 Å². The highest BCUT2D eigenvalue weighted by atomic mass is 32.2. The fourth-order valence-corrected chi connectivity index (χ4v) is 3.88. The Morgan fingerprint density at radius 2 is 1.81 bits per heavy atom. The molecule has 0 unspecified atom stereocenters. The number of amides is 1. The van der Waals surface area contributed by atoms with Crippen molar-refractivity contribution >= 4 is 21.6 Å². The molecule has 0 aliphatic carbocycles. The average Bonchev–Trinajstić information content (AvgIpc) is 2.64. The number of anilines is 1. The van der Waals surface area contributed by atoms with Crippen molar-refractivity contribution in [2.75, 3.05) is 23.7 Å². The third-order valence-corrected chi connectivity index (χ3v) is 5.59. The molecule has 1 heterocycles. The summed E-state index contributed by atoms with van der Waals surface area (Å²) in [6.07, 6.45) is 1.83. The lowest BCUT2D eigenvalue weighted by Gasteiger charge is -2.31. The van der Waals surface area contributed by atoms with Crippen LogP contribution in [0.5, 0.6) is 0 Å². The molecular formula is C19H19N3O3S. The Hall–Kier alpha value is -2.85. The van der Waals surface area contributed by atoms with E-state index in [4.69, 9.17) is 5.26 Å². The topological polar surface area (TPSA) is 81.5 Å². The van der Waals surface area contributed by atoms with Crippen LogP contribution in [0.25, 0.3) is 0 Å². The number of hydrogen-bond acceptors (Lipinski definition) is 4. The fourth-order valence-electron chi connectivity index (χ4n) is 3.03. The number of nitrogens with zero attached hydrogens (tertiary/aromatic N) is 3. The van der Waals surface area contributed by atoms with Crippen molar-refractivity contribution in [3.8, 4) is 6.07 Å². The van der Waals surface area contributed by atoms with Gasteiger partial charge in [0.05, 0.1) is 23.6 Å². The van der Waals surface area contributed by atoms with Gasteiger partial charge in [-0.15, -0.1) is 0 Å². The molecule has 0 bridgehead atoms. The first-order valence-corrected chi connectivity index (χ1v) is 10.1. The molecule has 0 radical (unpaired) electrons. The Balaban J connectivity index is 1.79. The first-order chi connectivity index (χ1) is 12.4. The van der Waals surface area contributed by atoms with Crippen LogP contribution in [0, 0.1) is 11.3 Å². The summed E-state index contributed by atoms with van der Waals surface area (Å²) in [5.41, 5.74) is 3.12. The normalized spacial score (nSPS) is 13.6. The first kappa shape index (κ1) is 18.0. The number of sulfonamides is 1. The molecule has 0 saturated heterocycles. The zero-order valence-electron chi connectivity index (χ0n) is 14.4. The van der Waals surface area contributed by atoms with E-state index in [9.17, 15) is 13.2 Å². The van der Waals surface area contributed by atoms with Crippen LogP contribution in [0.2, 0.25) is 0 Å². The van der Waals surface area contributed by atoms with Gasteiger partial charge in [-0.25, -0.2) is 8.42 Å². The van der Waals surface area contributed by atoms with E-state index < -0.39 is 10.0 Å². The van der Waals surface area contributed by atoms with Gasteiger partial charge in [0.25, 0.3) is 0 Å². The Labute approximate surface area is 153 Å². The number of benzene rings is 2. The van der Waals surface area contributed by atoms with E-state index >= 15 is 0 Å². The predicted molar refractivity (Wildman–Crippen MR) is 98.9 cm³/mol. The SMILES string of the molecule is CS(=O)(=O)N(CC(=O)N1CCc2ccccc2C1)c1ccc(C#N)cc1. The number of fused-ring (bicyclic) bond motifs is 1. The van der Waals surface area contributed by atoms with Crippen LogP contribution < -0.4 is 4.31 Å². The largest absolute Gasteiger partial charge is 0.336 e. The van der Waals surface area contributed by atoms with Crippen molar-refractivity contribution in [3.63, 3.8) is 0 Å². The maximum Gasteiger partial charge on any atom is 0.243 e. The molecule has 2 aromatic rings. The molecule has 0 spiro atoms. The number of nitriles is 1. The summed E-state index contributed by atoms with van der Waals surface area (Å²) in [7, 11) is -3.63. The number of carbonyl (C=O) groups is 1. The van der Waals surface area contributed by atoms with Crippen LogP contribution >= 0.6 is 0 Å². The maximum atomic E-state index is 12.7.